The van der Waals surface area contributed by atoms with Crippen molar-refractivity contribution in [2.45, 2.75) is 58.4 Å². The van der Waals surface area contributed by atoms with Gasteiger partial charge in [-0.3, -0.25) is 29.4 Å². The number of ether oxygens (including phenoxy) is 2. The van der Waals surface area contributed by atoms with E-state index in [0.29, 0.717) is 49.1 Å². The van der Waals surface area contributed by atoms with Gasteiger partial charge in [0, 0.05) is 87.0 Å². The van der Waals surface area contributed by atoms with E-state index in [9.17, 15) is 19.8 Å². The van der Waals surface area contributed by atoms with Crippen LogP contribution in [-0.4, -0.2) is 94.3 Å². The van der Waals surface area contributed by atoms with E-state index >= 15 is 0 Å². The third-order valence-electron chi connectivity index (χ3n) is 9.80. The van der Waals surface area contributed by atoms with Gasteiger partial charge in [0.25, 0.3) is 5.91 Å². The summed E-state index contributed by atoms with van der Waals surface area (Å²) in [5, 5.41) is 22.8. The number of aliphatic hydroxyl groups is 2. The van der Waals surface area contributed by atoms with Gasteiger partial charge in [-0.05, 0) is 60.6 Å². The van der Waals surface area contributed by atoms with Gasteiger partial charge in [-0.25, -0.2) is 0 Å². The van der Waals surface area contributed by atoms with Crippen molar-refractivity contribution in [3.8, 4) is 22.6 Å². The Morgan fingerprint density at radius 1 is 0.780 bits per heavy atom. The largest absolute Gasteiger partial charge is 0.496 e. The van der Waals surface area contributed by atoms with Gasteiger partial charge in [-0.15, -0.1) is 0 Å². The van der Waals surface area contributed by atoms with E-state index in [0.717, 1.165) is 64.9 Å². The number of likely N-dealkylation sites (tertiary alicyclic amines) is 2. The first-order valence-corrected chi connectivity index (χ1v) is 17.0. The quantitative estimate of drug-likeness (QED) is 0.183. The summed E-state index contributed by atoms with van der Waals surface area (Å²) in [6.07, 6.45) is 4.39. The van der Waals surface area contributed by atoms with Gasteiger partial charge in [0.2, 0.25) is 0 Å². The molecule has 4 aromatic rings. The molecule has 11 heteroatoms. The Bertz CT molecular complexity index is 1750. The number of benzene rings is 2. The van der Waals surface area contributed by atoms with Gasteiger partial charge in [0.1, 0.15) is 22.9 Å². The van der Waals surface area contributed by atoms with Crippen LogP contribution in [0.1, 0.15) is 61.6 Å². The summed E-state index contributed by atoms with van der Waals surface area (Å²) in [5.74, 6) is 0.717. The fourth-order valence-corrected chi connectivity index (χ4v) is 6.90. The minimum absolute atomic E-state index is 0.114. The zero-order valence-electron chi connectivity index (χ0n) is 29.1. The van der Waals surface area contributed by atoms with Gasteiger partial charge >= 0.3 is 0 Å². The van der Waals surface area contributed by atoms with Crippen LogP contribution < -0.4 is 14.8 Å². The first kappa shape index (κ1) is 35.2. The molecule has 4 heterocycles. The number of Topliss-reactive ketones (excluding diaryl/α,β-unsaturated/α-hetero) is 1. The molecule has 2 fully saturated rings. The normalized spacial score (nSPS) is 18.0. The third kappa shape index (κ3) is 7.87. The molecule has 0 bridgehead atoms. The Kier molecular flexibility index (Phi) is 10.9. The molecule has 2 aromatic carbocycles. The highest BCUT2D eigenvalue weighted by molar-refractivity contribution is 6.04. The Labute approximate surface area is 292 Å². The average Bonchev–Trinajstić information content (AvgIpc) is 3.73. The Morgan fingerprint density at radius 3 is 1.88 bits per heavy atom. The minimum Gasteiger partial charge on any atom is -0.496 e. The second-order valence-corrected chi connectivity index (χ2v) is 13.2. The Hall–Kier alpha value is -4.68. The highest BCUT2D eigenvalue weighted by Gasteiger charge is 2.24. The van der Waals surface area contributed by atoms with Crippen LogP contribution in [0.25, 0.3) is 11.1 Å². The van der Waals surface area contributed by atoms with Gasteiger partial charge in [-0.1, -0.05) is 30.3 Å². The first-order valence-electron chi connectivity index (χ1n) is 17.0. The van der Waals surface area contributed by atoms with Crippen LogP contribution >= 0.6 is 0 Å². The number of nitrogens with one attached hydrogen (secondary N) is 1. The highest BCUT2D eigenvalue weighted by atomic mass is 16.5. The minimum atomic E-state index is -0.352. The molecule has 1 amide bonds. The summed E-state index contributed by atoms with van der Waals surface area (Å²) in [7, 11) is 3.16. The smallest absolute Gasteiger partial charge is 0.274 e. The van der Waals surface area contributed by atoms with Crippen LogP contribution in [0.15, 0.2) is 60.9 Å². The van der Waals surface area contributed by atoms with Gasteiger partial charge in [0.05, 0.1) is 26.4 Å². The van der Waals surface area contributed by atoms with Crippen molar-refractivity contribution in [3.05, 3.63) is 100 Å². The van der Waals surface area contributed by atoms with E-state index in [-0.39, 0.29) is 36.0 Å². The predicted molar refractivity (Wildman–Crippen MR) is 191 cm³/mol. The molecule has 3 N–H and O–H groups in total. The van der Waals surface area contributed by atoms with E-state index in [2.05, 4.69) is 25.1 Å². The molecule has 2 aliphatic heterocycles. The van der Waals surface area contributed by atoms with Crippen molar-refractivity contribution < 1.29 is 29.3 Å². The number of β-amino-alcohol motifs (C(OH)–C–C–N with tert-alkyl or cyclic N) is 2. The maximum absolute atomic E-state index is 13.5. The lowest BCUT2D eigenvalue weighted by atomic mass is 9.91. The number of rotatable bonds is 12. The predicted octanol–water partition coefficient (Wildman–Crippen LogP) is 4.59. The number of nitrogens with zero attached hydrogens (tertiary/aromatic N) is 4. The molecule has 2 aliphatic rings. The maximum Gasteiger partial charge on any atom is 0.274 e. The maximum atomic E-state index is 13.5. The zero-order valence-corrected chi connectivity index (χ0v) is 29.1. The first-order chi connectivity index (χ1) is 24.1. The van der Waals surface area contributed by atoms with Gasteiger partial charge in [-0.2, -0.15) is 0 Å². The number of aliphatic hydroxyl groups excluding tert-OH is 2. The van der Waals surface area contributed by atoms with Crippen LogP contribution in [0.2, 0.25) is 0 Å². The number of amides is 1. The molecular formula is C39H45N5O6. The lowest BCUT2D eigenvalue weighted by molar-refractivity contribution is 0.0985. The van der Waals surface area contributed by atoms with E-state index in [1.54, 1.807) is 38.7 Å². The molecule has 0 saturated carbocycles. The van der Waals surface area contributed by atoms with E-state index in [1.807, 2.05) is 50.2 Å². The fourth-order valence-electron chi connectivity index (χ4n) is 6.90. The molecular weight excluding hydrogens is 634 g/mol. The van der Waals surface area contributed by atoms with Gasteiger partial charge < -0.3 is 25.0 Å². The van der Waals surface area contributed by atoms with Crippen molar-refractivity contribution in [3.63, 3.8) is 0 Å². The number of pyridine rings is 2. The van der Waals surface area contributed by atoms with Crippen LogP contribution in [0.3, 0.4) is 0 Å². The van der Waals surface area contributed by atoms with E-state index in [1.165, 1.54) is 0 Å². The summed E-state index contributed by atoms with van der Waals surface area (Å²) >= 11 is 0. The molecule has 262 valence electrons. The third-order valence-corrected chi connectivity index (χ3v) is 9.80. The lowest BCUT2D eigenvalue weighted by Gasteiger charge is -2.18. The number of hydrogen-bond acceptors (Lipinski definition) is 10. The standard InChI is InChI=1S/C39H45N5O6/c1-24-26(15-36(47)34-16-37(49-3)27(18-40-34)20-43-13-11-29(45)22-43)7-5-8-31(24)32-9-6-10-33(25(32)2)42-39(48)35-17-38(50-4)28(19-41-35)21-44-14-12-30(46)23-44/h5-10,16-19,29-30,45-46H,11-15,20-23H2,1-4H3,(H,42,48)/t29-,30-/m1/s1. The summed E-state index contributed by atoms with van der Waals surface area (Å²) in [4.78, 5) is 40.1. The Balaban J connectivity index is 1.16. The molecule has 0 spiro atoms. The highest BCUT2D eigenvalue weighted by Crippen LogP contribution is 2.33. The molecule has 50 heavy (non-hydrogen) atoms. The number of aromatic nitrogens is 2. The van der Waals surface area contributed by atoms with E-state index < -0.39 is 0 Å². The van der Waals surface area contributed by atoms with Crippen molar-refractivity contribution >= 4 is 17.4 Å². The molecule has 0 aliphatic carbocycles. The fraction of sp³-hybridized carbons (Fsp3) is 0.385. The number of ketones is 1. The van der Waals surface area contributed by atoms with Crippen LogP contribution in [-0.2, 0) is 19.5 Å². The summed E-state index contributed by atoms with van der Waals surface area (Å²) in [6, 6.07) is 15.0. The lowest BCUT2D eigenvalue weighted by Crippen LogP contribution is -2.22. The molecule has 6 rings (SSSR count). The van der Waals surface area contributed by atoms with Crippen molar-refractivity contribution in [2.75, 3.05) is 45.7 Å². The van der Waals surface area contributed by atoms with Crippen molar-refractivity contribution in [1.29, 1.82) is 0 Å². The monoisotopic (exact) mass is 679 g/mol. The zero-order chi connectivity index (χ0) is 35.4. The summed E-state index contributed by atoms with van der Waals surface area (Å²) in [6.45, 7) is 7.98. The second-order valence-electron chi connectivity index (χ2n) is 13.2. The van der Waals surface area contributed by atoms with Crippen molar-refractivity contribution in [2.24, 2.45) is 0 Å². The molecule has 11 nitrogen and oxygen atoms in total. The molecule has 0 unspecified atom stereocenters. The second kappa shape index (κ2) is 15.5. The SMILES string of the molecule is COc1cc(C(=O)Cc2cccc(-c3cccc(NC(=O)c4cc(OC)c(CN5CC[C@@H](O)C5)cn4)c3C)c2C)ncc1CN1CC[C@@H](O)C1. The van der Waals surface area contributed by atoms with Crippen LogP contribution in [0, 0.1) is 13.8 Å². The number of methoxy groups -OCH3 is 2. The van der Waals surface area contributed by atoms with E-state index in [4.69, 9.17) is 9.47 Å². The number of carbonyl (C=O) groups excluding carboxylic acids is 2. The number of hydrogen-bond donors (Lipinski definition) is 3. The topological polar surface area (TPSA) is 137 Å². The average molecular weight is 680 g/mol. The molecule has 2 atom stereocenters. The number of anilines is 1. The van der Waals surface area contributed by atoms with Gasteiger partial charge in [0.15, 0.2) is 5.78 Å². The van der Waals surface area contributed by atoms with Crippen LogP contribution in [0.5, 0.6) is 11.5 Å². The van der Waals surface area contributed by atoms with Crippen molar-refractivity contribution in [1.82, 2.24) is 19.8 Å². The number of carbonyl (C=O) groups is 2. The molecule has 2 aromatic heterocycles. The molecule has 0 radical (unpaired) electrons. The Morgan fingerprint density at radius 2 is 1.32 bits per heavy atom. The summed E-state index contributed by atoms with van der Waals surface area (Å²) in [5.41, 5.74) is 7.62. The van der Waals surface area contributed by atoms with Crippen LogP contribution in [0.4, 0.5) is 5.69 Å². The summed E-state index contributed by atoms with van der Waals surface area (Å²) < 4.78 is 11.2. The molecule has 2 saturated heterocycles.